The highest BCUT2D eigenvalue weighted by atomic mass is 79.9. The summed E-state index contributed by atoms with van der Waals surface area (Å²) in [6, 6.07) is 13.2. The van der Waals surface area contributed by atoms with E-state index in [9.17, 15) is 9.18 Å². The Labute approximate surface area is 129 Å². The Morgan fingerprint density at radius 1 is 1.19 bits per heavy atom. The van der Waals surface area contributed by atoms with Gasteiger partial charge in [-0.25, -0.2) is 4.39 Å². The lowest BCUT2D eigenvalue weighted by Gasteiger charge is -2.10. The van der Waals surface area contributed by atoms with Crippen molar-refractivity contribution >= 4 is 33.2 Å². The number of halogens is 2. The van der Waals surface area contributed by atoms with E-state index in [1.54, 1.807) is 24.3 Å². The number of benzene rings is 2. The predicted octanol–water partition coefficient (Wildman–Crippen LogP) is 3.51. The molecule has 0 aliphatic carbocycles. The van der Waals surface area contributed by atoms with Gasteiger partial charge in [-0.15, -0.1) is 0 Å². The first-order valence-electron chi connectivity index (χ1n) is 6.08. The molecule has 2 N–H and O–H groups in total. The Hall–Kier alpha value is -2.39. The number of nitrogens with zero attached hydrogens (tertiary/aromatic N) is 1. The number of nitrogens with one attached hydrogen (secondary N) is 2. The Kier molecular flexibility index (Phi) is 4.90. The molecule has 0 aliphatic rings. The van der Waals surface area contributed by atoms with Gasteiger partial charge < -0.3 is 10.6 Å². The molecule has 2 rings (SSSR count). The van der Waals surface area contributed by atoms with E-state index in [4.69, 9.17) is 5.26 Å². The predicted molar refractivity (Wildman–Crippen MR) is 82.4 cm³/mol. The van der Waals surface area contributed by atoms with Crippen LogP contribution in [0, 0.1) is 17.1 Å². The smallest absolute Gasteiger partial charge is 0.243 e. The highest BCUT2D eigenvalue weighted by molar-refractivity contribution is 9.10. The highest BCUT2D eigenvalue weighted by Gasteiger charge is 2.09. The topological polar surface area (TPSA) is 64.9 Å². The van der Waals surface area contributed by atoms with Crippen LogP contribution in [0.4, 0.5) is 15.8 Å². The molecule has 0 unspecified atom stereocenters. The SMILES string of the molecule is N#Cc1c(F)cccc1NCC(=O)Nc1ccccc1Br. The molecule has 0 spiro atoms. The summed E-state index contributed by atoms with van der Waals surface area (Å²) in [5, 5.41) is 14.4. The molecule has 21 heavy (non-hydrogen) atoms. The van der Waals surface area contributed by atoms with Crippen molar-refractivity contribution < 1.29 is 9.18 Å². The highest BCUT2D eigenvalue weighted by Crippen LogP contribution is 2.21. The first-order valence-corrected chi connectivity index (χ1v) is 6.88. The standard InChI is InChI=1S/C15H11BrFN3O/c16-11-4-1-2-6-14(11)20-15(21)9-19-13-7-3-5-12(17)10(13)8-18/h1-7,19H,9H2,(H,20,21). The van der Waals surface area contributed by atoms with Gasteiger partial charge in [0.1, 0.15) is 17.4 Å². The first kappa shape index (κ1) is 15.0. The number of nitriles is 1. The molecule has 106 valence electrons. The fourth-order valence-corrected chi connectivity index (χ4v) is 2.10. The third kappa shape index (κ3) is 3.80. The van der Waals surface area contributed by atoms with Crippen molar-refractivity contribution in [1.82, 2.24) is 0 Å². The van der Waals surface area contributed by atoms with Crippen LogP contribution in [0.25, 0.3) is 0 Å². The Balaban J connectivity index is 2.01. The third-order valence-electron chi connectivity index (χ3n) is 2.71. The summed E-state index contributed by atoms with van der Waals surface area (Å²) >= 11 is 3.33. The Bertz CT molecular complexity index is 712. The van der Waals surface area contributed by atoms with Crippen LogP contribution in [0.5, 0.6) is 0 Å². The second-order valence-electron chi connectivity index (χ2n) is 4.16. The van der Waals surface area contributed by atoms with E-state index in [0.717, 1.165) is 4.47 Å². The first-order chi connectivity index (χ1) is 10.1. The molecule has 2 aromatic carbocycles. The summed E-state index contributed by atoms with van der Waals surface area (Å²) in [4.78, 5) is 11.9. The van der Waals surface area contributed by atoms with Crippen molar-refractivity contribution in [2.75, 3.05) is 17.2 Å². The minimum Gasteiger partial charge on any atom is -0.375 e. The number of hydrogen-bond donors (Lipinski definition) is 2. The zero-order chi connectivity index (χ0) is 15.2. The summed E-state index contributed by atoms with van der Waals surface area (Å²) in [5.41, 5.74) is 0.829. The van der Waals surface area contributed by atoms with Crippen LogP contribution in [0.3, 0.4) is 0 Å². The lowest BCUT2D eigenvalue weighted by molar-refractivity contribution is -0.114. The molecule has 0 heterocycles. The van der Waals surface area contributed by atoms with E-state index < -0.39 is 5.82 Å². The van der Waals surface area contributed by atoms with Crippen molar-refractivity contribution in [3.63, 3.8) is 0 Å². The van der Waals surface area contributed by atoms with Crippen LogP contribution in [0.2, 0.25) is 0 Å². The van der Waals surface area contributed by atoms with Crippen LogP contribution in [-0.2, 0) is 4.79 Å². The number of carbonyl (C=O) groups is 1. The maximum Gasteiger partial charge on any atom is 0.243 e. The minimum atomic E-state index is -0.617. The number of anilines is 2. The third-order valence-corrected chi connectivity index (χ3v) is 3.40. The number of hydrogen-bond acceptors (Lipinski definition) is 3. The minimum absolute atomic E-state index is 0.0700. The zero-order valence-corrected chi connectivity index (χ0v) is 12.4. The normalized spacial score (nSPS) is 9.76. The van der Waals surface area contributed by atoms with Gasteiger partial charge in [0.15, 0.2) is 0 Å². The number of rotatable bonds is 4. The molecule has 0 atom stereocenters. The number of carbonyl (C=O) groups excluding carboxylic acids is 1. The van der Waals surface area contributed by atoms with Crippen LogP contribution in [0.1, 0.15) is 5.56 Å². The van der Waals surface area contributed by atoms with Gasteiger partial charge in [-0.2, -0.15) is 5.26 Å². The van der Waals surface area contributed by atoms with Crippen LogP contribution in [0.15, 0.2) is 46.9 Å². The molecular formula is C15H11BrFN3O. The molecule has 1 amide bonds. The van der Waals surface area contributed by atoms with E-state index >= 15 is 0 Å². The molecular weight excluding hydrogens is 337 g/mol. The van der Waals surface area contributed by atoms with E-state index in [1.807, 2.05) is 12.1 Å². The van der Waals surface area contributed by atoms with Gasteiger partial charge in [0.25, 0.3) is 0 Å². The lowest BCUT2D eigenvalue weighted by atomic mass is 10.2. The molecule has 0 radical (unpaired) electrons. The maximum atomic E-state index is 13.4. The van der Waals surface area contributed by atoms with Crippen LogP contribution >= 0.6 is 15.9 Å². The largest absolute Gasteiger partial charge is 0.375 e. The Morgan fingerprint density at radius 3 is 2.62 bits per heavy atom. The molecule has 0 bridgehead atoms. The molecule has 4 nitrogen and oxygen atoms in total. The molecule has 0 saturated heterocycles. The van der Waals surface area contributed by atoms with Gasteiger partial charge in [0.05, 0.1) is 17.9 Å². The summed E-state index contributed by atoms with van der Waals surface area (Å²) in [6.45, 7) is -0.0700. The molecule has 2 aromatic rings. The van der Waals surface area contributed by atoms with Crippen molar-refractivity contribution in [1.29, 1.82) is 5.26 Å². The van der Waals surface area contributed by atoms with Gasteiger partial charge in [0.2, 0.25) is 5.91 Å². The quantitative estimate of drug-likeness (QED) is 0.889. The van der Waals surface area contributed by atoms with Gasteiger partial charge >= 0.3 is 0 Å². The van der Waals surface area contributed by atoms with Crippen molar-refractivity contribution in [3.05, 3.63) is 58.3 Å². The van der Waals surface area contributed by atoms with Gasteiger partial charge in [-0.1, -0.05) is 18.2 Å². The van der Waals surface area contributed by atoms with E-state index in [2.05, 4.69) is 26.6 Å². The number of para-hydroxylation sites is 1. The number of amides is 1. The van der Waals surface area contributed by atoms with Crippen molar-refractivity contribution in [3.8, 4) is 6.07 Å². The summed E-state index contributed by atoms with van der Waals surface area (Å²) in [5.74, 6) is -0.913. The second kappa shape index (κ2) is 6.86. The molecule has 0 aromatic heterocycles. The average Bonchev–Trinajstić information content (AvgIpc) is 2.47. The summed E-state index contributed by atoms with van der Waals surface area (Å²) in [7, 11) is 0. The molecule has 6 heteroatoms. The van der Waals surface area contributed by atoms with Gasteiger partial charge in [-0.05, 0) is 40.2 Å². The van der Waals surface area contributed by atoms with Crippen molar-refractivity contribution in [2.24, 2.45) is 0 Å². The molecule has 0 fully saturated rings. The van der Waals surface area contributed by atoms with Gasteiger partial charge in [-0.3, -0.25) is 4.79 Å². The van der Waals surface area contributed by atoms with E-state index in [0.29, 0.717) is 11.4 Å². The fourth-order valence-electron chi connectivity index (χ4n) is 1.72. The van der Waals surface area contributed by atoms with Crippen molar-refractivity contribution in [2.45, 2.75) is 0 Å². The molecule has 0 saturated carbocycles. The maximum absolute atomic E-state index is 13.4. The van der Waals surface area contributed by atoms with Crippen LogP contribution < -0.4 is 10.6 Å². The zero-order valence-electron chi connectivity index (χ0n) is 10.9. The lowest BCUT2D eigenvalue weighted by Crippen LogP contribution is -2.22. The summed E-state index contributed by atoms with van der Waals surface area (Å²) < 4.78 is 14.2. The van der Waals surface area contributed by atoms with E-state index in [1.165, 1.54) is 12.1 Å². The van der Waals surface area contributed by atoms with E-state index in [-0.39, 0.29) is 18.0 Å². The Morgan fingerprint density at radius 2 is 1.90 bits per heavy atom. The monoisotopic (exact) mass is 347 g/mol. The average molecular weight is 348 g/mol. The molecule has 0 aliphatic heterocycles. The van der Waals surface area contributed by atoms with Crippen LogP contribution in [-0.4, -0.2) is 12.5 Å². The fraction of sp³-hybridized carbons (Fsp3) is 0.0667. The summed E-state index contributed by atoms with van der Waals surface area (Å²) in [6.07, 6.45) is 0. The second-order valence-corrected chi connectivity index (χ2v) is 5.01. The van der Waals surface area contributed by atoms with Gasteiger partial charge in [0, 0.05) is 4.47 Å².